The summed E-state index contributed by atoms with van der Waals surface area (Å²) in [7, 11) is 1.50. The van der Waals surface area contributed by atoms with Crippen LogP contribution in [0.3, 0.4) is 0 Å². The molecule has 0 radical (unpaired) electrons. The Morgan fingerprint density at radius 3 is 2.23 bits per heavy atom. The Balaban J connectivity index is 2.21. The van der Waals surface area contributed by atoms with E-state index in [-0.39, 0.29) is 17.2 Å². The van der Waals surface area contributed by atoms with Gasteiger partial charge in [-0.25, -0.2) is 0 Å². The largest absolute Gasteiger partial charge is 0.497 e. The van der Waals surface area contributed by atoms with Gasteiger partial charge in [0, 0.05) is 11.8 Å². The maximum absolute atomic E-state index is 12.6. The number of nitrogens with one attached hydrogen (secondary N) is 1. The monoisotopic (exact) mass is 356 g/mol. The molecule has 0 saturated carbocycles. The van der Waals surface area contributed by atoms with Crippen LogP contribution >= 0.6 is 0 Å². The molecule has 2 rings (SSSR count). The minimum atomic E-state index is -0.833. The van der Waals surface area contributed by atoms with E-state index in [0.29, 0.717) is 5.75 Å². The number of anilines is 1. The summed E-state index contributed by atoms with van der Waals surface area (Å²) < 4.78 is 10.8. The van der Waals surface area contributed by atoms with Gasteiger partial charge < -0.3 is 20.5 Å². The third kappa shape index (κ3) is 4.33. The van der Waals surface area contributed by atoms with Gasteiger partial charge in [-0.15, -0.1) is 0 Å². The van der Waals surface area contributed by atoms with Crippen LogP contribution < -0.4 is 20.5 Å². The molecule has 0 heterocycles. The van der Waals surface area contributed by atoms with Crippen LogP contribution in [0.2, 0.25) is 0 Å². The molecule has 1 atom stereocenters. The fourth-order valence-electron chi connectivity index (χ4n) is 2.78. The van der Waals surface area contributed by atoms with Crippen molar-refractivity contribution in [3.63, 3.8) is 0 Å². The van der Waals surface area contributed by atoms with Crippen molar-refractivity contribution in [3.05, 3.63) is 52.6 Å². The van der Waals surface area contributed by atoms with Crippen LogP contribution in [0.25, 0.3) is 0 Å². The number of nitrogens with two attached hydrogens (primary N) is 1. The van der Waals surface area contributed by atoms with E-state index >= 15 is 0 Å². The van der Waals surface area contributed by atoms with Crippen LogP contribution in [-0.2, 0) is 4.79 Å². The second-order valence-electron chi connectivity index (χ2n) is 6.25. The number of carbonyl (C=O) groups is 2. The highest BCUT2D eigenvalue weighted by Gasteiger charge is 2.20. The summed E-state index contributed by atoms with van der Waals surface area (Å²) in [5.74, 6) is -0.251. The standard InChI is InChI=1S/C20H24N2O4/c1-11-8-12(2)18(13(3)9-11)22-20(24)14(4)26-17-10-15(25-5)6-7-16(17)19(21)23/h6-10,14H,1-5H3,(H2,21,23)(H,22,24). The van der Waals surface area contributed by atoms with E-state index in [2.05, 4.69) is 5.32 Å². The number of primary amides is 1. The molecule has 3 N–H and O–H groups in total. The van der Waals surface area contributed by atoms with Crippen molar-refractivity contribution >= 4 is 17.5 Å². The molecule has 0 bridgehead atoms. The van der Waals surface area contributed by atoms with E-state index in [0.717, 1.165) is 22.4 Å². The summed E-state index contributed by atoms with van der Waals surface area (Å²) in [6, 6.07) is 8.65. The molecule has 0 aromatic heterocycles. The normalized spacial score (nSPS) is 11.6. The number of amides is 2. The molecular weight excluding hydrogens is 332 g/mol. The minimum absolute atomic E-state index is 0.188. The first-order chi connectivity index (χ1) is 12.2. The van der Waals surface area contributed by atoms with Gasteiger partial charge in [-0.1, -0.05) is 17.7 Å². The van der Waals surface area contributed by atoms with Crippen LogP contribution in [0.1, 0.15) is 34.0 Å². The van der Waals surface area contributed by atoms with Crippen LogP contribution in [0, 0.1) is 20.8 Å². The average Bonchev–Trinajstić information content (AvgIpc) is 2.57. The Bertz CT molecular complexity index is 823. The molecular formula is C20H24N2O4. The van der Waals surface area contributed by atoms with E-state index < -0.39 is 12.0 Å². The Kier molecular flexibility index (Phi) is 5.87. The van der Waals surface area contributed by atoms with Gasteiger partial charge in [-0.2, -0.15) is 0 Å². The second-order valence-corrected chi connectivity index (χ2v) is 6.25. The second kappa shape index (κ2) is 7.91. The fourth-order valence-corrected chi connectivity index (χ4v) is 2.78. The van der Waals surface area contributed by atoms with E-state index in [1.807, 2.05) is 32.9 Å². The highest BCUT2D eigenvalue weighted by molar-refractivity contribution is 5.97. The van der Waals surface area contributed by atoms with Gasteiger partial charge in [-0.3, -0.25) is 9.59 Å². The maximum Gasteiger partial charge on any atom is 0.265 e. The predicted molar refractivity (Wildman–Crippen MR) is 101 cm³/mol. The third-order valence-electron chi connectivity index (χ3n) is 4.05. The quantitative estimate of drug-likeness (QED) is 0.832. The number of methoxy groups -OCH3 is 1. The minimum Gasteiger partial charge on any atom is -0.497 e. The lowest BCUT2D eigenvalue weighted by Crippen LogP contribution is -2.31. The zero-order chi connectivity index (χ0) is 19.4. The van der Waals surface area contributed by atoms with Crippen LogP contribution in [-0.4, -0.2) is 25.0 Å². The van der Waals surface area contributed by atoms with Crippen molar-refractivity contribution in [1.29, 1.82) is 0 Å². The number of carbonyl (C=O) groups excluding carboxylic acids is 2. The van der Waals surface area contributed by atoms with Gasteiger partial charge in [0.25, 0.3) is 11.8 Å². The van der Waals surface area contributed by atoms with Gasteiger partial charge in [0.2, 0.25) is 0 Å². The van der Waals surface area contributed by atoms with E-state index in [4.69, 9.17) is 15.2 Å². The molecule has 0 aliphatic heterocycles. The van der Waals surface area contributed by atoms with Gasteiger partial charge in [0.05, 0.1) is 12.7 Å². The van der Waals surface area contributed by atoms with Crippen LogP contribution in [0.15, 0.2) is 30.3 Å². The van der Waals surface area contributed by atoms with Crippen molar-refractivity contribution in [1.82, 2.24) is 0 Å². The lowest BCUT2D eigenvalue weighted by Gasteiger charge is -2.19. The van der Waals surface area contributed by atoms with Crippen molar-refractivity contribution in [2.45, 2.75) is 33.8 Å². The van der Waals surface area contributed by atoms with Crippen LogP contribution in [0.5, 0.6) is 11.5 Å². The molecule has 138 valence electrons. The Morgan fingerprint density at radius 1 is 1.08 bits per heavy atom. The lowest BCUT2D eigenvalue weighted by molar-refractivity contribution is -0.122. The summed E-state index contributed by atoms with van der Waals surface area (Å²) in [4.78, 5) is 24.1. The fraction of sp³-hybridized carbons (Fsp3) is 0.300. The lowest BCUT2D eigenvalue weighted by atomic mass is 10.0. The summed E-state index contributed by atoms with van der Waals surface area (Å²) in [5, 5.41) is 2.89. The molecule has 1 unspecified atom stereocenters. The highest BCUT2D eigenvalue weighted by Crippen LogP contribution is 2.26. The molecule has 0 fully saturated rings. The molecule has 0 aliphatic rings. The Hall–Kier alpha value is -3.02. The predicted octanol–water partition coefficient (Wildman–Crippen LogP) is 3.13. The molecule has 6 heteroatoms. The number of hydrogen-bond donors (Lipinski definition) is 2. The average molecular weight is 356 g/mol. The molecule has 2 aromatic carbocycles. The summed E-state index contributed by atoms with van der Waals surface area (Å²) >= 11 is 0. The van der Waals surface area contributed by atoms with E-state index in [9.17, 15) is 9.59 Å². The third-order valence-corrected chi connectivity index (χ3v) is 4.05. The maximum atomic E-state index is 12.6. The molecule has 26 heavy (non-hydrogen) atoms. The first-order valence-electron chi connectivity index (χ1n) is 8.26. The van der Waals surface area contributed by atoms with Crippen molar-refractivity contribution in [2.24, 2.45) is 5.73 Å². The van der Waals surface area contributed by atoms with Crippen molar-refractivity contribution in [3.8, 4) is 11.5 Å². The van der Waals surface area contributed by atoms with Crippen LogP contribution in [0.4, 0.5) is 5.69 Å². The summed E-state index contributed by atoms with van der Waals surface area (Å²) in [5.41, 5.74) is 9.40. The number of benzene rings is 2. The smallest absolute Gasteiger partial charge is 0.265 e. The van der Waals surface area contributed by atoms with E-state index in [1.165, 1.54) is 19.2 Å². The Labute approximate surface area is 153 Å². The zero-order valence-electron chi connectivity index (χ0n) is 15.7. The SMILES string of the molecule is COc1ccc(C(N)=O)c(OC(C)C(=O)Nc2c(C)cc(C)cc2C)c1. The number of aryl methyl sites for hydroxylation is 3. The van der Waals surface area contributed by atoms with Crippen molar-refractivity contribution < 1.29 is 19.1 Å². The molecule has 2 aromatic rings. The van der Waals surface area contributed by atoms with Gasteiger partial charge >= 0.3 is 0 Å². The first-order valence-corrected chi connectivity index (χ1v) is 8.26. The molecule has 0 aliphatic carbocycles. The number of rotatable bonds is 6. The topological polar surface area (TPSA) is 90.7 Å². The van der Waals surface area contributed by atoms with Crippen molar-refractivity contribution in [2.75, 3.05) is 12.4 Å². The number of ether oxygens (including phenoxy) is 2. The van der Waals surface area contributed by atoms with E-state index in [1.54, 1.807) is 13.0 Å². The summed E-state index contributed by atoms with van der Waals surface area (Å²) in [6.07, 6.45) is -0.833. The molecule has 2 amide bonds. The Morgan fingerprint density at radius 2 is 1.69 bits per heavy atom. The van der Waals surface area contributed by atoms with Gasteiger partial charge in [-0.05, 0) is 51.0 Å². The van der Waals surface area contributed by atoms with Gasteiger partial charge in [0.1, 0.15) is 11.5 Å². The molecule has 6 nitrogen and oxygen atoms in total. The molecule has 0 saturated heterocycles. The first kappa shape index (κ1) is 19.3. The number of hydrogen-bond acceptors (Lipinski definition) is 4. The summed E-state index contributed by atoms with van der Waals surface area (Å²) in [6.45, 7) is 7.49. The highest BCUT2D eigenvalue weighted by atomic mass is 16.5. The molecule has 0 spiro atoms. The van der Waals surface area contributed by atoms with Gasteiger partial charge in [0.15, 0.2) is 6.10 Å². The zero-order valence-corrected chi connectivity index (χ0v) is 15.7.